The van der Waals surface area contributed by atoms with E-state index in [9.17, 15) is 14.7 Å². The molecule has 4 nitrogen and oxygen atoms in total. The summed E-state index contributed by atoms with van der Waals surface area (Å²) in [5.74, 6) is 0.510. The predicted molar refractivity (Wildman–Crippen MR) is 153 cm³/mol. The Labute approximate surface area is 220 Å². The molecule has 0 aliphatic rings. The largest absolute Gasteiger partial charge is 0.481 e. The highest BCUT2D eigenvalue weighted by Crippen LogP contribution is 2.38. The van der Waals surface area contributed by atoms with E-state index in [2.05, 4.69) is 13.8 Å². The van der Waals surface area contributed by atoms with Gasteiger partial charge < -0.3 is 10.2 Å². The smallest absolute Gasteiger partial charge is 0.329 e. The van der Waals surface area contributed by atoms with Gasteiger partial charge in [0, 0.05) is 6.42 Å². The minimum absolute atomic E-state index is 0.222. The molecule has 0 heterocycles. The second-order valence-corrected chi connectivity index (χ2v) is 12.6. The van der Waals surface area contributed by atoms with Gasteiger partial charge in [-0.25, -0.2) is 4.79 Å². The Morgan fingerprint density at radius 3 is 1.15 bits per heavy atom. The van der Waals surface area contributed by atoms with E-state index < -0.39 is 16.0 Å². The van der Waals surface area contributed by atoms with Crippen molar-refractivity contribution in [2.45, 2.75) is 154 Å². The van der Waals surface area contributed by atoms with Crippen LogP contribution in [0.15, 0.2) is 0 Å². The van der Waals surface area contributed by atoms with Crippen LogP contribution in [0.4, 0.5) is 0 Å². The molecular weight excluding hydrogens is 464 g/mol. The third-order valence-electron chi connectivity index (χ3n) is 5.94. The summed E-state index contributed by atoms with van der Waals surface area (Å²) in [4.78, 5) is 20.9. The molecule has 0 aromatic rings. The minimum atomic E-state index is -0.745. The molecule has 204 valence electrons. The Morgan fingerprint density at radius 2 is 0.853 bits per heavy atom. The zero-order valence-corrected chi connectivity index (χ0v) is 24.5. The van der Waals surface area contributed by atoms with Gasteiger partial charge in [-0.3, -0.25) is 4.79 Å². The molecule has 1 atom stereocenters. The molecule has 0 aromatic carbocycles. The lowest BCUT2D eigenvalue weighted by Crippen LogP contribution is -2.28. The van der Waals surface area contributed by atoms with E-state index in [-0.39, 0.29) is 6.42 Å². The van der Waals surface area contributed by atoms with Crippen LogP contribution >= 0.6 is 23.5 Å². The fourth-order valence-electron chi connectivity index (χ4n) is 3.49. The van der Waals surface area contributed by atoms with E-state index in [1.54, 1.807) is 30.4 Å². The molecule has 6 heteroatoms. The normalized spacial score (nSPS) is 12.6. The Morgan fingerprint density at radius 1 is 0.559 bits per heavy atom. The molecule has 0 radical (unpaired) electrons. The molecule has 0 saturated carbocycles. The Hall–Kier alpha value is -0.360. The van der Waals surface area contributed by atoms with E-state index in [4.69, 9.17) is 5.11 Å². The lowest BCUT2D eigenvalue weighted by atomic mass is 10.0. The summed E-state index contributed by atoms with van der Waals surface area (Å²) in [5.41, 5.74) is 0. The molecule has 0 bridgehead atoms. The molecule has 0 aliphatic heterocycles. The highest BCUT2D eigenvalue weighted by Gasteiger charge is 2.33. The maximum atomic E-state index is 11.6. The first-order valence-corrected chi connectivity index (χ1v) is 16.0. The summed E-state index contributed by atoms with van der Waals surface area (Å²) < 4.78 is -0.662. The van der Waals surface area contributed by atoms with E-state index in [0.29, 0.717) is 0 Å². The Balaban J connectivity index is 0. The van der Waals surface area contributed by atoms with Gasteiger partial charge in [0.15, 0.2) is 4.08 Å². The second-order valence-electron chi connectivity index (χ2n) is 9.35. The molecule has 34 heavy (non-hydrogen) atoms. The fourth-order valence-corrected chi connectivity index (χ4v) is 6.13. The van der Waals surface area contributed by atoms with E-state index in [1.165, 1.54) is 96.3 Å². The first-order valence-electron chi connectivity index (χ1n) is 14.1. The van der Waals surface area contributed by atoms with Gasteiger partial charge in [0.25, 0.3) is 0 Å². The number of thioether (sulfide) groups is 2. The lowest BCUT2D eigenvalue weighted by Gasteiger charge is -2.23. The highest BCUT2D eigenvalue weighted by atomic mass is 32.2. The third-order valence-corrected chi connectivity index (χ3v) is 9.09. The predicted octanol–water partition coefficient (Wildman–Crippen LogP) is 9.80. The summed E-state index contributed by atoms with van der Waals surface area (Å²) in [5, 5.41) is 17.2. The van der Waals surface area contributed by atoms with Gasteiger partial charge in [0.1, 0.15) is 0 Å². The molecule has 0 fully saturated rings. The molecule has 1 unspecified atom stereocenters. The van der Waals surface area contributed by atoms with Gasteiger partial charge in [-0.2, -0.15) is 0 Å². The molecule has 0 spiro atoms. The SMILES string of the molecule is CCC(=O)O.CCCCCCCCCCCCCCCCCCSC(C)(SCCCC)C(=O)O. The van der Waals surface area contributed by atoms with Gasteiger partial charge in [0.2, 0.25) is 0 Å². The zero-order valence-electron chi connectivity index (χ0n) is 22.9. The van der Waals surface area contributed by atoms with Gasteiger partial charge in [-0.15, -0.1) is 23.5 Å². The van der Waals surface area contributed by atoms with Crippen molar-refractivity contribution in [1.82, 2.24) is 0 Å². The number of carboxylic acid groups (broad SMARTS) is 2. The number of hydrogen-bond donors (Lipinski definition) is 2. The highest BCUT2D eigenvalue weighted by molar-refractivity contribution is 8.19. The van der Waals surface area contributed by atoms with Crippen molar-refractivity contribution in [3.63, 3.8) is 0 Å². The molecule has 0 amide bonds. The molecule has 2 N–H and O–H groups in total. The van der Waals surface area contributed by atoms with Crippen molar-refractivity contribution in [2.75, 3.05) is 11.5 Å². The van der Waals surface area contributed by atoms with Gasteiger partial charge in [-0.05, 0) is 31.3 Å². The van der Waals surface area contributed by atoms with E-state index >= 15 is 0 Å². The summed E-state index contributed by atoms with van der Waals surface area (Å²) in [7, 11) is 0. The molecule has 0 rings (SSSR count). The van der Waals surface area contributed by atoms with Crippen LogP contribution in [0.5, 0.6) is 0 Å². The van der Waals surface area contributed by atoms with Crippen LogP contribution in [0.2, 0.25) is 0 Å². The standard InChI is InChI=1S/C25H50O2S2.C3H6O2/c1-4-6-8-9-10-11-12-13-14-15-16-17-18-19-20-21-23-29-25(3,24(26)27)28-22-7-5-2;1-2-3(4)5/h4-23H2,1-3H3,(H,26,27);2H2,1H3,(H,4,5). The molecule has 0 aromatic heterocycles. The van der Waals surface area contributed by atoms with Crippen molar-refractivity contribution < 1.29 is 19.8 Å². The van der Waals surface area contributed by atoms with Crippen molar-refractivity contribution in [3.8, 4) is 0 Å². The second kappa shape index (κ2) is 27.2. The number of carbonyl (C=O) groups is 2. The van der Waals surface area contributed by atoms with Crippen LogP contribution in [0.25, 0.3) is 0 Å². The van der Waals surface area contributed by atoms with Crippen LogP contribution < -0.4 is 0 Å². The van der Waals surface area contributed by atoms with Crippen molar-refractivity contribution in [1.29, 1.82) is 0 Å². The van der Waals surface area contributed by atoms with Crippen molar-refractivity contribution in [3.05, 3.63) is 0 Å². The monoisotopic (exact) mass is 520 g/mol. The summed E-state index contributed by atoms with van der Waals surface area (Å²) in [6.45, 7) is 7.92. The molecule has 0 saturated heterocycles. The van der Waals surface area contributed by atoms with Crippen LogP contribution in [-0.4, -0.2) is 37.7 Å². The number of hydrogen-bond acceptors (Lipinski definition) is 4. The molecule has 0 aliphatic carbocycles. The maximum absolute atomic E-state index is 11.6. The number of carboxylic acids is 2. The zero-order chi connectivity index (χ0) is 25.9. The minimum Gasteiger partial charge on any atom is -0.481 e. The average molecular weight is 521 g/mol. The first kappa shape index (κ1) is 35.8. The maximum Gasteiger partial charge on any atom is 0.329 e. The van der Waals surface area contributed by atoms with Gasteiger partial charge >= 0.3 is 11.9 Å². The third kappa shape index (κ3) is 26.2. The lowest BCUT2D eigenvalue weighted by molar-refractivity contribution is -0.137. The van der Waals surface area contributed by atoms with Gasteiger partial charge in [-0.1, -0.05) is 124 Å². The number of rotatable bonds is 24. The van der Waals surface area contributed by atoms with Crippen LogP contribution in [0, 0.1) is 0 Å². The average Bonchev–Trinajstić information content (AvgIpc) is 2.81. The van der Waals surface area contributed by atoms with E-state index in [1.807, 2.05) is 6.92 Å². The summed E-state index contributed by atoms with van der Waals surface area (Å²) in [6.07, 6.45) is 24.5. The molecular formula is C28H56O4S2. The Kier molecular flexibility index (Phi) is 28.7. The fraction of sp³-hybridized carbons (Fsp3) is 0.929. The van der Waals surface area contributed by atoms with Gasteiger partial charge in [0.05, 0.1) is 0 Å². The number of unbranched alkanes of at least 4 members (excludes halogenated alkanes) is 16. The van der Waals surface area contributed by atoms with Crippen LogP contribution in [-0.2, 0) is 9.59 Å². The first-order chi connectivity index (χ1) is 16.3. The van der Waals surface area contributed by atoms with Crippen molar-refractivity contribution in [2.24, 2.45) is 0 Å². The van der Waals surface area contributed by atoms with Crippen LogP contribution in [0.3, 0.4) is 0 Å². The quantitative estimate of drug-likeness (QED) is 0.0974. The van der Waals surface area contributed by atoms with Crippen molar-refractivity contribution >= 4 is 35.5 Å². The number of aliphatic carboxylic acids is 2. The Bertz CT molecular complexity index is 460. The van der Waals surface area contributed by atoms with Crippen LogP contribution in [0.1, 0.15) is 150 Å². The van der Waals surface area contributed by atoms with E-state index in [0.717, 1.165) is 30.8 Å². The topological polar surface area (TPSA) is 74.6 Å². The summed E-state index contributed by atoms with van der Waals surface area (Å²) >= 11 is 3.24. The summed E-state index contributed by atoms with van der Waals surface area (Å²) in [6, 6.07) is 0.